The molecule has 1 unspecified atom stereocenters. The van der Waals surface area contributed by atoms with E-state index in [1.807, 2.05) is 31.2 Å². The number of halogens is 1. The van der Waals surface area contributed by atoms with Crippen molar-refractivity contribution in [3.8, 4) is 0 Å². The molecule has 1 aromatic carbocycles. The van der Waals surface area contributed by atoms with Crippen molar-refractivity contribution in [2.45, 2.75) is 19.6 Å². The molecule has 1 aromatic heterocycles. The number of aliphatic hydroxyl groups is 1. The van der Waals surface area contributed by atoms with Gasteiger partial charge in [0.25, 0.3) is 0 Å². The van der Waals surface area contributed by atoms with Crippen molar-refractivity contribution in [3.05, 3.63) is 52.4 Å². The van der Waals surface area contributed by atoms with Gasteiger partial charge in [0.15, 0.2) is 0 Å². The molecule has 0 amide bonds. The second kappa shape index (κ2) is 6.00. The van der Waals surface area contributed by atoms with Gasteiger partial charge in [-0.3, -0.25) is 0 Å². The Labute approximate surface area is 111 Å². The lowest BCUT2D eigenvalue weighted by Crippen LogP contribution is -2.21. The summed E-state index contributed by atoms with van der Waals surface area (Å²) >= 11 is 6.00. The Balaban J connectivity index is 1.85. The summed E-state index contributed by atoms with van der Waals surface area (Å²) in [5, 5.41) is 17.5. The number of aliphatic hydroxyl groups excluding tert-OH is 1. The molecule has 1 heterocycles. The molecule has 0 bridgehead atoms. The van der Waals surface area contributed by atoms with Crippen LogP contribution in [0.3, 0.4) is 0 Å². The second-order valence-electron chi connectivity index (χ2n) is 4.10. The molecule has 0 saturated heterocycles. The van der Waals surface area contributed by atoms with Gasteiger partial charge >= 0.3 is 0 Å². The number of benzene rings is 1. The van der Waals surface area contributed by atoms with Crippen molar-refractivity contribution in [1.82, 2.24) is 10.5 Å². The van der Waals surface area contributed by atoms with Gasteiger partial charge in [-0.2, -0.15) is 0 Å². The van der Waals surface area contributed by atoms with Crippen molar-refractivity contribution in [1.29, 1.82) is 0 Å². The lowest BCUT2D eigenvalue weighted by Gasteiger charge is -2.12. The Morgan fingerprint density at radius 2 is 2.22 bits per heavy atom. The minimum absolute atomic E-state index is 0.412. The number of nitrogens with one attached hydrogen (secondary N) is 1. The van der Waals surface area contributed by atoms with Crippen LogP contribution in [0.4, 0.5) is 0 Å². The first-order valence-corrected chi connectivity index (χ1v) is 6.10. The molecule has 0 fully saturated rings. The molecule has 96 valence electrons. The molecule has 18 heavy (non-hydrogen) atoms. The smallest absolute Gasteiger partial charge is 0.133 e. The third-order valence-corrected chi connectivity index (χ3v) is 2.93. The van der Waals surface area contributed by atoms with Gasteiger partial charge in [-0.1, -0.05) is 35.0 Å². The number of nitrogens with zero attached hydrogens (tertiary/aromatic N) is 1. The third-order valence-electron chi connectivity index (χ3n) is 2.58. The summed E-state index contributed by atoms with van der Waals surface area (Å²) in [6.45, 7) is 2.81. The number of aryl methyl sites for hydroxylation is 1. The van der Waals surface area contributed by atoms with Crippen molar-refractivity contribution in [2.75, 3.05) is 6.54 Å². The van der Waals surface area contributed by atoms with Crippen LogP contribution >= 0.6 is 11.6 Å². The number of rotatable bonds is 5. The Kier molecular flexibility index (Phi) is 4.36. The maximum absolute atomic E-state index is 9.99. The predicted octanol–water partition coefficient (Wildman–Crippen LogP) is 2.46. The van der Waals surface area contributed by atoms with Crippen LogP contribution in [0.1, 0.15) is 23.1 Å². The van der Waals surface area contributed by atoms with E-state index in [4.69, 9.17) is 16.1 Å². The number of hydrogen-bond acceptors (Lipinski definition) is 4. The zero-order valence-corrected chi connectivity index (χ0v) is 10.8. The Morgan fingerprint density at radius 3 is 2.89 bits per heavy atom. The summed E-state index contributed by atoms with van der Waals surface area (Å²) in [4.78, 5) is 0. The fraction of sp³-hybridized carbons (Fsp3) is 0.308. The average Bonchev–Trinajstić information content (AvgIpc) is 2.75. The monoisotopic (exact) mass is 266 g/mol. The summed E-state index contributed by atoms with van der Waals surface area (Å²) in [5.74, 6) is 0.776. The van der Waals surface area contributed by atoms with Gasteiger partial charge in [0, 0.05) is 29.7 Å². The van der Waals surface area contributed by atoms with E-state index in [2.05, 4.69) is 10.5 Å². The van der Waals surface area contributed by atoms with E-state index >= 15 is 0 Å². The molecule has 2 aromatic rings. The van der Waals surface area contributed by atoms with E-state index in [9.17, 15) is 5.11 Å². The summed E-state index contributed by atoms with van der Waals surface area (Å²) < 4.78 is 4.95. The van der Waals surface area contributed by atoms with Crippen molar-refractivity contribution < 1.29 is 9.63 Å². The maximum atomic E-state index is 9.99. The van der Waals surface area contributed by atoms with Crippen LogP contribution in [-0.2, 0) is 6.54 Å². The third kappa shape index (κ3) is 3.32. The lowest BCUT2D eigenvalue weighted by molar-refractivity contribution is 0.174. The van der Waals surface area contributed by atoms with Gasteiger partial charge in [0.1, 0.15) is 5.76 Å². The van der Waals surface area contributed by atoms with Crippen molar-refractivity contribution in [2.24, 2.45) is 0 Å². The topological polar surface area (TPSA) is 58.3 Å². The molecule has 0 saturated carbocycles. The summed E-state index contributed by atoms with van der Waals surface area (Å²) in [6, 6.07) is 9.13. The largest absolute Gasteiger partial charge is 0.387 e. The molecular weight excluding hydrogens is 252 g/mol. The summed E-state index contributed by atoms with van der Waals surface area (Å²) in [7, 11) is 0. The van der Waals surface area contributed by atoms with Crippen molar-refractivity contribution in [3.63, 3.8) is 0 Å². The van der Waals surface area contributed by atoms with Gasteiger partial charge in [-0.15, -0.1) is 0 Å². The van der Waals surface area contributed by atoms with Gasteiger partial charge in [0.2, 0.25) is 0 Å². The molecule has 0 spiro atoms. The Bertz CT molecular complexity index is 513. The van der Waals surface area contributed by atoms with E-state index in [0.29, 0.717) is 18.1 Å². The molecular formula is C13H15ClN2O2. The fourth-order valence-electron chi connectivity index (χ4n) is 1.69. The van der Waals surface area contributed by atoms with E-state index in [-0.39, 0.29) is 0 Å². The van der Waals surface area contributed by atoms with Gasteiger partial charge in [-0.05, 0) is 13.0 Å². The van der Waals surface area contributed by atoms with E-state index < -0.39 is 6.10 Å². The zero-order valence-electron chi connectivity index (χ0n) is 10.1. The maximum Gasteiger partial charge on any atom is 0.133 e. The molecule has 5 heteroatoms. The SMILES string of the molecule is Cc1cc(CNCC(O)c2ccccc2Cl)no1. The van der Waals surface area contributed by atoms with Gasteiger partial charge in [0.05, 0.1) is 11.8 Å². The van der Waals surface area contributed by atoms with Crippen LogP contribution in [0.15, 0.2) is 34.9 Å². The highest BCUT2D eigenvalue weighted by molar-refractivity contribution is 6.31. The number of hydrogen-bond donors (Lipinski definition) is 2. The van der Waals surface area contributed by atoms with Crippen LogP contribution in [0, 0.1) is 6.92 Å². The molecule has 0 aliphatic rings. The molecule has 2 rings (SSSR count). The first kappa shape index (κ1) is 13.1. The van der Waals surface area contributed by atoms with Gasteiger partial charge in [-0.25, -0.2) is 0 Å². The van der Waals surface area contributed by atoms with E-state index in [1.165, 1.54) is 0 Å². The molecule has 0 aliphatic carbocycles. The Hall–Kier alpha value is -1.36. The highest BCUT2D eigenvalue weighted by atomic mass is 35.5. The highest BCUT2D eigenvalue weighted by Gasteiger charge is 2.10. The molecule has 1 atom stereocenters. The summed E-state index contributed by atoms with van der Waals surface area (Å²) in [6.07, 6.45) is -0.633. The first-order chi connectivity index (χ1) is 8.66. The number of aromatic nitrogens is 1. The second-order valence-corrected chi connectivity index (χ2v) is 4.50. The first-order valence-electron chi connectivity index (χ1n) is 5.72. The Morgan fingerprint density at radius 1 is 1.44 bits per heavy atom. The van der Waals surface area contributed by atoms with E-state index in [0.717, 1.165) is 17.0 Å². The lowest BCUT2D eigenvalue weighted by atomic mass is 10.1. The summed E-state index contributed by atoms with van der Waals surface area (Å²) in [5.41, 5.74) is 1.54. The zero-order chi connectivity index (χ0) is 13.0. The van der Waals surface area contributed by atoms with Crippen LogP contribution in [0.2, 0.25) is 5.02 Å². The normalized spacial score (nSPS) is 12.6. The van der Waals surface area contributed by atoms with Crippen LogP contribution in [0.5, 0.6) is 0 Å². The predicted molar refractivity (Wildman–Crippen MR) is 69.4 cm³/mol. The minimum atomic E-state index is -0.633. The average molecular weight is 267 g/mol. The fourth-order valence-corrected chi connectivity index (χ4v) is 1.96. The van der Waals surface area contributed by atoms with Gasteiger partial charge < -0.3 is 14.9 Å². The van der Waals surface area contributed by atoms with Crippen LogP contribution in [-0.4, -0.2) is 16.8 Å². The minimum Gasteiger partial charge on any atom is -0.387 e. The van der Waals surface area contributed by atoms with Crippen molar-refractivity contribution >= 4 is 11.6 Å². The molecule has 2 N–H and O–H groups in total. The molecule has 4 nitrogen and oxygen atoms in total. The quantitative estimate of drug-likeness (QED) is 0.873. The van der Waals surface area contributed by atoms with Crippen LogP contribution < -0.4 is 5.32 Å². The highest BCUT2D eigenvalue weighted by Crippen LogP contribution is 2.21. The molecule has 0 aliphatic heterocycles. The van der Waals surface area contributed by atoms with E-state index in [1.54, 1.807) is 6.07 Å². The standard InChI is InChI=1S/C13H15ClN2O2/c1-9-6-10(16-18-9)7-15-8-13(17)11-4-2-3-5-12(11)14/h2-6,13,15,17H,7-8H2,1H3. The molecule has 0 radical (unpaired) electrons. The van der Waals surface area contributed by atoms with Crippen LogP contribution in [0.25, 0.3) is 0 Å².